The molecule has 2 atom stereocenters. The molecule has 0 saturated heterocycles. The molecule has 0 bridgehead atoms. The fourth-order valence-corrected chi connectivity index (χ4v) is 1.15. The third-order valence-corrected chi connectivity index (χ3v) is 1.87. The SMILES string of the molecule is COC1[CH]CC(OC)[CH]C1. The summed E-state index contributed by atoms with van der Waals surface area (Å²) in [6.45, 7) is 0. The second kappa shape index (κ2) is 3.94. The molecule has 0 aromatic rings. The number of hydrogen-bond acceptors (Lipinski definition) is 2. The van der Waals surface area contributed by atoms with Crippen molar-refractivity contribution in [3.63, 3.8) is 0 Å². The van der Waals surface area contributed by atoms with Gasteiger partial charge in [-0.05, 0) is 25.7 Å². The zero-order chi connectivity index (χ0) is 7.40. The van der Waals surface area contributed by atoms with Gasteiger partial charge in [0.1, 0.15) is 0 Å². The number of hydrogen-bond donors (Lipinski definition) is 0. The van der Waals surface area contributed by atoms with Crippen LogP contribution in [-0.4, -0.2) is 26.4 Å². The van der Waals surface area contributed by atoms with Crippen LogP contribution in [0.3, 0.4) is 0 Å². The maximum absolute atomic E-state index is 5.14. The first-order chi connectivity index (χ1) is 4.86. The lowest BCUT2D eigenvalue weighted by molar-refractivity contribution is 0.0644. The number of rotatable bonds is 2. The van der Waals surface area contributed by atoms with Crippen LogP contribution < -0.4 is 0 Å². The van der Waals surface area contributed by atoms with E-state index in [0.717, 1.165) is 12.8 Å². The third-order valence-electron chi connectivity index (χ3n) is 1.87. The molecule has 1 saturated carbocycles. The van der Waals surface area contributed by atoms with Crippen molar-refractivity contribution >= 4 is 0 Å². The molecule has 2 radical (unpaired) electrons. The topological polar surface area (TPSA) is 18.5 Å². The maximum atomic E-state index is 5.14. The van der Waals surface area contributed by atoms with E-state index in [1.165, 1.54) is 0 Å². The molecule has 58 valence electrons. The molecular weight excluding hydrogens is 128 g/mol. The zero-order valence-electron chi connectivity index (χ0n) is 6.54. The minimum Gasteiger partial charge on any atom is -0.381 e. The number of methoxy groups -OCH3 is 2. The van der Waals surface area contributed by atoms with Crippen molar-refractivity contribution in [3.8, 4) is 0 Å². The van der Waals surface area contributed by atoms with Crippen LogP contribution >= 0.6 is 0 Å². The summed E-state index contributed by atoms with van der Waals surface area (Å²) >= 11 is 0. The van der Waals surface area contributed by atoms with Gasteiger partial charge in [-0.25, -0.2) is 0 Å². The Balaban J connectivity index is 2.17. The average Bonchev–Trinajstić information content (AvgIpc) is 2.05. The van der Waals surface area contributed by atoms with E-state index < -0.39 is 0 Å². The highest BCUT2D eigenvalue weighted by Gasteiger charge is 2.20. The monoisotopic (exact) mass is 142 g/mol. The highest BCUT2D eigenvalue weighted by Crippen LogP contribution is 2.20. The molecule has 0 aliphatic heterocycles. The molecule has 1 rings (SSSR count). The standard InChI is InChI=1S/C8H14O2/c1-9-7-3-5-8(10-2)6-4-7/h3,6-8H,4-5H2,1-2H3. The molecule has 1 aliphatic rings. The fourth-order valence-electron chi connectivity index (χ4n) is 1.15. The van der Waals surface area contributed by atoms with Gasteiger partial charge in [0.05, 0.1) is 12.2 Å². The lowest BCUT2D eigenvalue weighted by atomic mass is 9.95. The van der Waals surface area contributed by atoms with E-state index in [1.54, 1.807) is 14.2 Å². The lowest BCUT2D eigenvalue weighted by Crippen LogP contribution is -2.25. The van der Waals surface area contributed by atoms with E-state index >= 15 is 0 Å². The van der Waals surface area contributed by atoms with E-state index in [4.69, 9.17) is 9.47 Å². The van der Waals surface area contributed by atoms with Crippen molar-refractivity contribution in [1.82, 2.24) is 0 Å². The van der Waals surface area contributed by atoms with Crippen LogP contribution in [0.15, 0.2) is 0 Å². The van der Waals surface area contributed by atoms with Crippen LogP contribution in [0.2, 0.25) is 0 Å². The van der Waals surface area contributed by atoms with Crippen molar-refractivity contribution < 1.29 is 9.47 Å². The second-order valence-electron chi connectivity index (χ2n) is 2.49. The fraction of sp³-hybridized carbons (Fsp3) is 0.750. The van der Waals surface area contributed by atoms with Gasteiger partial charge in [-0.15, -0.1) is 0 Å². The van der Waals surface area contributed by atoms with Crippen LogP contribution in [-0.2, 0) is 9.47 Å². The third kappa shape index (κ3) is 1.96. The Bertz CT molecular complexity index is 73.3. The molecule has 0 amide bonds. The molecular formula is C8H14O2. The lowest BCUT2D eigenvalue weighted by Gasteiger charge is -2.25. The van der Waals surface area contributed by atoms with Crippen molar-refractivity contribution in [2.45, 2.75) is 25.0 Å². The summed E-state index contributed by atoms with van der Waals surface area (Å²) in [6.07, 6.45) is 6.91. The first-order valence-corrected chi connectivity index (χ1v) is 3.59. The van der Waals surface area contributed by atoms with Gasteiger partial charge in [0.25, 0.3) is 0 Å². The molecule has 0 aromatic heterocycles. The second-order valence-corrected chi connectivity index (χ2v) is 2.49. The summed E-state index contributed by atoms with van der Waals surface area (Å²) in [4.78, 5) is 0. The molecule has 1 fully saturated rings. The van der Waals surface area contributed by atoms with Crippen LogP contribution in [0.25, 0.3) is 0 Å². The van der Waals surface area contributed by atoms with Gasteiger partial charge >= 0.3 is 0 Å². The van der Waals surface area contributed by atoms with Gasteiger partial charge in [0, 0.05) is 14.2 Å². The number of ether oxygens (including phenoxy) is 2. The Labute approximate surface area is 62.5 Å². The Morgan fingerprint density at radius 1 is 1.00 bits per heavy atom. The van der Waals surface area contributed by atoms with E-state index in [9.17, 15) is 0 Å². The van der Waals surface area contributed by atoms with Crippen molar-refractivity contribution in [2.75, 3.05) is 14.2 Å². The van der Waals surface area contributed by atoms with E-state index in [1.807, 2.05) is 0 Å². The van der Waals surface area contributed by atoms with Gasteiger partial charge in [-0.1, -0.05) is 0 Å². The maximum Gasteiger partial charge on any atom is 0.0607 e. The first kappa shape index (κ1) is 8.02. The summed E-state index contributed by atoms with van der Waals surface area (Å²) in [7, 11) is 3.48. The van der Waals surface area contributed by atoms with Crippen LogP contribution in [0.5, 0.6) is 0 Å². The van der Waals surface area contributed by atoms with Gasteiger partial charge < -0.3 is 9.47 Å². The largest absolute Gasteiger partial charge is 0.381 e. The quantitative estimate of drug-likeness (QED) is 0.577. The molecule has 0 aromatic carbocycles. The Kier molecular flexibility index (Phi) is 3.16. The molecule has 0 N–H and O–H groups in total. The summed E-state index contributed by atoms with van der Waals surface area (Å²) in [6, 6.07) is 0. The first-order valence-electron chi connectivity index (χ1n) is 3.59. The minimum atomic E-state index is 0.311. The normalized spacial score (nSPS) is 34.2. The summed E-state index contributed by atoms with van der Waals surface area (Å²) in [5.74, 6) is 0. The predicted molar refractivity (Wildman–Crippen MR) is 39.4 cm³/mol. The van der Waals surface area contributed by atoms with Crippen LogP contribution in [0, 0.1) is 12.8 Å². The Hall–Kier alpha value is -0.0800. The minimum absolute atomic E-state index is 0.311. The highest BCUT2D eigenvalue weighted by molar-refractivity contribution is 4.96. The summed E-state index contributed by atoms with van der Waals surface area (Å²) in [5, 5.41) is 0. The predicted octanol–water partition coefficient (Wildman–Crippen LogP) is 1.22. The van der Waals surface area contributed by atoms with Gasteiger partial charge in [0.15, 0.2) is 0 Å². The molecule has 0 spiro atoms. The molecule has 10 heavy (non-hydrogen) atoms. The molecule has 1 aliphatic carbocycles. The average molecular weight is 142 g/mol. The van der Waals surface area contributed by atoms with E-state index in [0.29, 0.717) is 12.2 Å². The van der Waals surface area contributed by atoms with Crippen molar-refractivity contribution in [3.05, 3.63) is 12.8 Å². The molecule has 2 unspecified atom stereocenters. The zero-order valence-corrected chi connectivity index (χ0v) is 6.54. The smallest absolute Gasteiger partial charge is 0.0607 e. The summed E-state index contributed by atoms with van der Waals surface area (Å²) in [5.41, 5.74) is 0. The Morgan fingerprint density at radius 3 is 1.60 bits per heavy atom. The Morgan fingerprint density at radius 2 is 1.40 bits per heavy atom. The van der Waals surface area contributed by atoms with Crippen molar-refractivity contribution in [2.24, 2.45) is 0 Å². The van der Waals surface area contributed by atoms with E-state index in [2.05, 4.69) is 12.8 Å². The molecule has 2 nitrogen and oxygen atoms in total. The molecule has 2 heteroatoms. The highest BCUT2D eigenvalue weighted by atomic mass is 16.5. The van der Waals surface area contributed by atoms with Crippen molar-refractivity contribution in [1.29, 1.82) is 0 Å². The van der Waals surface area contributed by atoms with Crippen LogP contribution in [0.4, 0.5) is 0 Å². The van der Waals surface area contributed by atoms with E-state index in [-0.39, 0.29) is 0 Å². The van der Waals surface area contributed by atoms with Crippen LogP contribution in [0.1, 0.15) is 12.8 Å². The van der Waals surface area contributed by atoms with Gasteiger partial charge in [-0.2, -0.15) is 0 Å². The van der Waals surface area contributed by atoms with Gasteiger partial charge in [0.2, 0.25) is 0 Å². The van der Waals surface area contributed by atoms with Gasteiger partial charge in [-0.3, -0.25) is 0 Å². The molecule has 0 heterocycles. The summed E-state index contributed by atoms with van der Waals surface area (Å²) < 4.78 is 10.3.